The van der Waals surface area contributed by atoms with Gasteiger partial charge in [0.2, 0.25) is 0 Å². The zero-order valence-corrected chi connectivity index (χ0v) is 18.3. The van der Waals surface area contributed by atoms with Crippen LogP contribution in [0.1, 0.15) is 48.6 Å². The second kappa shape index (κ2) is 10.2. The third-order valence-electron chi connectivity index (χ3n) is 6.07. The molecule has 28 heavy (non-hydrogen) atoms. The molecule has 1 aliphatic heterocycles. The monoisotopic (exact) mass is 382 g/mol. The van der Waals surface area contributed by atoms with Crippen LogP contribution in [-0.2, 0) is 19.5 Å². The van der Waals surface area contributed by atoms with Crippen LogP contribution in [0, 0.1) is 19.8 Å². The minimum Gasteiger partial charge on any atom is -0.303 e. The summed E-state index contributed by atoms with van der Waals surface area (Å²) in [6, 6.07) is 8.82. The van der Waals surface area contributed by atoms with Gasteiger partial charge in [-0.25, -0.2) is 0 Å². The largest absolute Gasteiger partial charge is 0.303 e. The van der Waals surface area contributed by atoms with Gasteiger partial charge in [0.1, 0.15) is 0 Å². The Morgan fingerprint density at radius 3 is 2.75 bits per heavy atom. The lowest BCUT2D eigenvalue weighted by molar-refractivity contribution is 0.142. The summed E-state index contributed by atoms with van der Waals surface area (Å²) in [7, 11) is 2.27. The summed E-state index contributed by atoms with van der Waals surface area (Å²) >= 11 is 0. The number of piperidine rings is 1. The second-order valence-electron chi connectivity index (χ2n) is 8.68. The van der Waals surface area contributed by atoms with Crippen molar-refractivity contribution in [2.45, 2.75) is 59.5 Å². The van der Waals surface area contributed by atoms with Crippen LogP contribution in [0.4, 0.5) is 0 Å². The number of benzene rings is 1. The van der Waals surface area contributed by atoms with Crippen LogP contribution in [-0.4, -0.2) is 52.8 Å². The Morgan fingerprint density at radius 2 is 1.96 bits per heavy atom. The van der Waals surface area contributed by atoms with E-state index in [2.05, 4.69) is 77.9 Å². The van der Waals surface area contributed by atoms with E-state index in [4.69, 9.17) is 0 Å². The highest BCUT2D eigenvalue weighted by Gasteiger charge is 2.21. The van der Waals surface area contributed by atoms with E-state index < -0.39 is 0 Å². The summed E-state index contributed by atoms with van der Waals surface area (Å²) in [5.41, 5.74) is 5.49. The highest BCUT2D eigenvalue weighted by molar-refractivity contribution is 5.25. The number of likely N-dealkylation sites (tertiary alicyclic amines) is 1. The molecule has 1 fully saturated rings. The first-order valence-electron chi connectivity index (χ1n) is 11.0. The van der Waals surface area contributed by atoms with Gasteiger partial charge in [0.25, 0.3) is 0 Å². The van der Waals surface area contributed by atoms with Crippen molar-refractivity contribution in [1.29, 1.82) is 0 Å². The van der Waals surface area contributed by atoms with E-state index in [1.165, 1.54) is 67.8 Å². The Bertz CT molecular complexity index is 736. The van der Waals surface area contributed by atoms with Crippen molar-refractivity contribution in [3.8, 4) is 0 Å². The minimum absolute atomic E-state index is 0.779. The molecule has 0 amide bonds. The molecule has 4 nitrogen and oxygen atoms in total. The fraction of sp³-hybridized carbons (Fsp3) is 0.625. The number of aryl methyl sites for hydroxylation is 3. The number of aromatic nitrogens is 2. The molecule has 4 heteroatoms. The molecule has 0 bridgehead atoms. The fourth-order valence-electron chi connectivity index (χ4n) is 4.53. The predicted octanol–water partition coefficient (Wildman–Crippen LogP) is 4.30. The predicted molar refractivity (Wildman–Crippen MR) is 118 cm³/mol. The number of rotatable bonds is 9. The SMILES string of the molecule is CCCn1cc(CN(C)C[C@H]2CCCN(CCc3ccccc3C)C2)c(C)n1. The van der Waals surface area contributed by atoms with Crippen molar-refractivity contribution < 1.29 is 0 Å². The molecule has 0 N–H and O–H groups in total. The number of nitrogens with zero attached hydrogens (tertiary/aromatic N) is 4. The Hall–Kier alpha value is -1.65. The summed E-state index contributed by atoms with van der Waals surface area (Å²) in [5.74, 6) is 0.779. The first kappa shape index (κ1) is 21.1. The van der Waals surface area contributed by atoms with Crippen LogP contribution in [0.15, 0.2) is 30.5 Å². The van der Waals surface area contributed by atoms with E-state index in [0.717, 1.165) is 25.4 Å². The molecule has 0 radical (unpaired) electrons. The second-order valence-corrected chi connectivity index (χ2v) is 8.68. The summed E-state index contributed by atoms with van der Waals surface area (Å²) in [6.07, 6.45) is 7.24. The molecule has 0 saturated carbocycles. The standard InChI is InChI=1S/C24H38N4/c1-5-13-28-19-24(21(3)25-28)18-26(4)16-22-10-8-14-27(17-22)15-12-23-11-7-6-9-20(23)2/h6-7,9,11,19,22H,5,8,10,12-18H2,1-4H3/t22-/m1/s1. The normalized spacial score (nSPS) is 18.1. The average Bonchev–Trinajstić information content (AvgIpc) is 3.00. The van der Waals surface area contributed by atoms with Gasteiger partial charge >= 0.3 is 0 Å². The van der Waals surface area contributed by atoms with Crippen molar-refractivity contribution in [2.24, 2.45) is 5.92 Å². The maximum atomic E-state index is 4.65. The molecular weight excluding hydrogens is 344 g/mol. The van der Waals surface area contributed by atoms with Gasteiger partial charge < -0.3 is 9.80 Å². The Kier molecular flexibility index (Phi) is 7.69. The highest BCUT2D eigenvalue weighted by atomic mass is 15.3. The van der Waals surface area contributed by atoms with Crippen LogP contribution in [0.3, 0.4) is 0 Å². The van der Waals surface area contributed by atoms with E-state index in [9.17, 15) is 0 Å². The van der Waals surface area contributed by atoms with Crippen molar-refractivity contribution in [3.63, 3.8) is 0 Å². The quantitative estimate of drug-likeness (QED) is 0.646. The smallest absolute Gasteiger partial charge is 0.0638 e. The molecule has 1 aromatic heterocycles. The summed E-state index contributed by atoms with van der Waals surface area (Å²) in [4.78, 5) is 5.18. The average molecular weight is 383 g/mol. The molecule has 1 aliphatic rings. The maximum absolute atomic E-state index is 4.65. The minimum atomic E-state index is 0.779. The fourth-order valence-corrected chi connectivity index (χ4v) is 4.53. The van der Waals surface area contributed by atoms with Gasteiger partial charge in [-0.15, -0.1) is 0 Å². The van der Waals surface area contributed by atoms with Gasteiger partial charge in [0.15, 0.2) is 0 Å². The van der Waals surface area contributed by atoms with Crippen molar-refractivity contribution in [3.05, 3.63) is 52.8 Å². The van der Waals surface area contributed by atoms with Gasteiger partial charge in [-0.05, 0) is 70.2 Å². The number of hydrogen-bond acceptors (Lipinski definition) is 3. The van der Waals surface area contributed by atoms with E-state index in [0.29, 0.717) is 0 Å². The molecule has 1 saturated heterocycles. The highest BCUT2D eigenvalue weighted by Crippen LogP contribution is 2.19. The van der Waals surface area contributed by atoms with Crippen LogP contribution in [0.5, 0.6) is 0 Å². The van der Waals surface area contributed by atoms with Crippen molar-refractivity contribution in [2.75, 3.05) is 33.2 Å². The van der Waals surface area contributed by atoms with Gasteiger partial charge in [0, 0.05) is 44.5 Å². The Labute approximate surface area is 171 Å². The van der Waals surface area contributed by atoms with Crippen LogP contribution in [0.2, 0.25) is 0 Å². The molecule has 1 atom stereocenters. The topological polar surface area (TPSA) is 24.3 Å². The van der Waals surface area contributed by atoms with Gasteiger partial charge in [-0.2, -0.15) is 5.10 Å². The van der Waals surface area contributed by atoms with Gasteiger partial charge in [0.05, 0.1) is 5.69 Å². The Morgan fingerprint density at radius 1 is 1.14 bits per heavy atom. The van der Waals surface area contributed by atoms with Gasteiger partial charge in [-0.3, -0.25) is 4.68 Å². The molecule has 3 rings (SSSR count). The summed E-state index contributed by atoms with van der Waals surface area (Å²) < 4.78 is 2.10. The summed E-state index contributed by atoms with van der Waals surface area (Å²) in [6.45, 7) is 13.5. The van der Waals surface area contributed by atoms with Crippen LogP contribution in [0.25, 0.3) is 0 Å². The van der Waals surface area contributed by atoms with E-state index in [1.807, 2.05) is 0 Å². The molecular formula is C24H38N4. The Balaban J connectivity index is 1.47. The molecule has 0 unspecified atom stereocenters. The molecule has 1 aromatic carbocycles. The van der Waals surface area contributed by atoms with Crippen molar-refractivity contribution >= 4 is 0 Å². The van der Waals surface area contributed by atoms with E-state index in [1.54, 1.807) is 0 Å². The van der Waals surface area contributed by atoms with E-state index in [-0.39, 0.29) is 0 Å². The zero-order chi connectivity index (χ0) is 19.9. The summed E-state index contributed by atoms with van der Waals surface area (Å²) in [5, 5.41) is 4.65. The first-order chi connectivity index (χ1) is 13.5. The molecule has 2 aromatic rings. The lowest BCUT2D eigenvalue weighted by Crippen LogP contribution is -2.40. The molecule has 2 heterocycles. The van der Waals surface area contributed by atoms with Gasteiger partial charge in [-0.1, -0.05) is 31.2 Å². The van der Waals surface area contributed by atoms with Crippen molar-refractivity contribution in [1.82, 2.24) is 19.6 Å². The zero-order valence-electron chi connectivity index (χ0n) is 18.3. The lowest BCUT2D eigenvalue weighted by atomic mass is 9.96. The van der Waals surface area contributed by atoms with Crippen LogP contribution < -0.4 is 0 Å². The van der Waals surface area contributed by atoms with Crippen LogP contribution >= 0.6 is 0 Å². The molecule has 154 valence electrons. The number of hydrogen-bond donors (Lipinski definition) is 0. The first-order valence-corrected chi connectivity index (χ1v) is 11.0. The molecule has 0 aliphatic carbocycles. The lowest BCUT2D eigenvalue weighted by Gasteiger charge is -2.34. The maximum Gasteiger partial charge on any atom is 0.0638 e. The third-order valence-corrected chi connectivity index (χ3v) is 6.07. The van der Waals surface area contributed by atoms with E-state index >= 15 is 0 Å². The third kappa shape index (κ3) is 5.92. The molecule has 0 spiro atoms.